The highest BCUT2D eigenvalue weighted by molar-refractivity contribution is 5.91. The molecule has 5 nitrogen and oxygen atoms in total. The van der Waals surface area contributed by atoms with Crippen molar-refractivity contribution in [2.24, 2.45) is 11.7 Å². The number of carbonyl (C=O) groups is 2. The normalized spacial score (nSPS) is 20.9. The van der Waals surface area contributed by atoms with Gasteiger partial charge in [0.05, 0.1) is 0 Å². The fraction of sp³-hybridized carbons (Fsp3) is 0.833. The zero-order valence-electron chi connectivity index (χ0n) is 11.0. The molecule has 0 spiro atoms. The molecule has 0 aromatic heterocycles. The van der Waals surface area contributed by atoms with Crippen LogP contribution in [0.4, 0.5) is 0 Å². The topological polar surface area (TPSA) is 75.4 Å². The standard InChI is InChI=1S/C12H23N3O2/c1-4-9(8-13)7-10(16)15-6-5-14-11(17)12(15,2)3/h9H,4-8,13H2,1-3H3,(H,14,17). The average molecular weight is 241 g/mol. The zero-order chi connectivity index (χ0) is 13.1. The predicted molar refractivity (Wildman–Crippen MR) is 66.3 cm³/mol. The maximum absolute atomic E-state index is 12.2. The summed E-state index contributed by atoms with van der Waals surface area (Å²) >= 11 is 0. The van der Waals surface area contributed by atoms with Crippen LogP contribution in [0.25, 0.3) is 0 Å². The number of nitrogens with two attached hydrogens (primary N) is 1. The van der Waals surface area contributed by atoms with E-state index in [4.69, 9.17) is 5.73 Å². The fourth-order valence-electron chi connectivity index (χ4n) is 2.09. The molecule has 1 unspecified atom stereocenters. The lowest BCUT2D eigenvalue weighted by molar-refractivity contribution is -0.149. The van der Waals surface area contributed by atoms with Crippen molar-refractivity contribution in [2.75, 3.05) is 19.6 Å². The van der Waals surface area contributed by atoms with Crippen molar-refractivity contribution >= 4 is 11.8 Å². The van der Waals surface area contributed by atoms with Crippen molar-refractivity contribution in [1.82, 2.24) is 10.2 Å². The fourth-order valence-corrected chi connectivity index (χ4v) is 2.09. The molecule has 0 radical (unpaired) electrons. The highest BCUT2D eigenvalue weighted by Gasteiger charge is 2.40. The van der Waals surface area contributed by atoms with E-state index in [1.54, 1.807) is 18.7 Å². The lowest BCUT2D eigenvalue weighted by atomic mass is 9.95. The Morgan fingerprint density at radius 1 is 1.59 bits per heavy atom. The molecule has 98 valence electrons. The summed E-state index contributed by atoms with van der Waals surface area (Å²) in [7, 11) is 0. The molecule has 0 saturated carbocycles. The molecule has 17 heavy (non-hydrogen) atoms. The lowest BCUT2D eigenvalue weighted by Crippen LogP contribution is -2.63. The molecule has 0 bridgehead atoms. The summed E-state index contributed by atoms with van der Waals surface area (Å²) in [6.45, 7) is 7.22. The molecule has 1 fully saturated rings. The van der Waals surface area contributed by atoms with E-state index < -0.39 is 5.54 Å². The van der Waals surface area contributed by atoms with Crippen LogP contribution in [0.15, 0.2) is 0 Å². The minimum absolute atomic E-state index is 0.0298. The zero-order valence-corrected chi connectivity index (χ0v) is 11.0. The second-order valence-corrected chi connectivity index (χ2v) is 5.07. The van der Waals surface area contributed by atoms with Crippen molar-refractivity contribution in [2.45, 2.75) is 39.2 Å². The smallest absolute Gasteiger partial charge is 0.245 e. The third kappa shape index (κ3) is 2.97. The Morgan fingerprint density at radius 3 is 2.76 bits per heavy atom. The number of nitrogens with one attached hydrogen (secondary N) is 1. The molecule has 1 rings (SSSR count). The average Bonchev–Trinajstić information content (AvgIpc) is 2.29. The van der Waals surface area contributed by atoms with Crippen molar-refractivity contribution < 1.29 is 9.59 Å². The molecule has 1 aliphatic rings. The molecule has 1 atom stereocenters. The summed E-state index contributed by atoms with van der Waals surface area (Å²) in [4.78, 5) is 25.6. The second-order valence-electron chi connectivity index (χ2n) is 5.07. The van der Waals surface area contributed by atoms with Crippen molar-refractivity contribution in [3.8, 4) is 0 Å². The van der Waals surface area contributed by atoms with Gasteiger partial charge in [-0.1, -0.05) is 13.3 Å². The molecular formula is C12H23N3O2. The molecule has 2 amide bonds. The number of hydrogen-bond acceptors (Lipinski definition) is 3. The van der Waals surface area contributed by atoms with E-state index in [9.17, 15) is 9.59 Å². The van der Waals surface area contributed by atoms with Gasteiger partial charge in [-0.25, -0.2) is 0 Å². The molecule has 3 N–H and O–H groups in total. The number of carbonyl (C=O) groups excluding carboxylic acids is 2. The Bertz CT molecular complexity index is 298. The number of nitrogens with zero attached hydrogens (tertiary/aromatic N) is 1. The molecule has 1 aliphatic heterocycles. The number of hydrogen-bond donors (Lipinski definition) is 2. The number of rotatable bonds is 4. The Hall–Kier alpha value is -1.10. The molecule has 0 aliphatic carbocycles. The Morgan fingerprint density at radius 2 is 2.24 bits per heavy atom. The van der Waals surface area contributed by atoms with Crippen LogP contribution in [0.3, 0.4) is 0 Å². The summed E-state index contributed by atoms with van der Waals surface area (Å²) in [6, 6.07) is 0. The minimum atomic E-state index is -0.748. The number of amides is 2. The highest BCUT2D eigenvalue weighted by Crippen LogP contribution is 2.20. The van der Waals surface area contributed by atoms with Crippen LogP contribution in [0, 0.1) is 5.92 Å². The van der Waals surface area contributed by atoms with Crippen molar-refractivity contribution in [3.05, 3.63) is 0 Å². The van der Waals surface area contributed by atoms with E-state index in [0.717, 1.165) is 6.42 Å². The third-order valence-electron chi connectivity index (χ3n) is 3.53. The van der Waals surface area contributed by atoms with Crippen LogP contribution in [0.1, 0.15) is 33.6 Å². The first-order valence-electron chi connectivity index (χ1n) is 6.22. The van der Waals surface area contributed by atoms with Crippen LogP contribution in [0.5, 0.6) is 0 Å². The van der Waals surface area contributed by atoms with Gasteiger partial charge in [-0.2, -0.15) is 0 Å². The Kier molecular flexibility index (Phi) is 4.51. The first-order chi connectivity index (χ1) is 7.93. The van der Waals surface area contributed by atoms with Crippen LogP contribution >= 0.6 is 0 Å². The van der Waals surface area contributed by atoms with E-state index in [1.807, 2.05) is 6.92 Å². The first-order valence-corrected chi connectivity index (χ1v) is 6.22. The van der Waals surface area contributed by atoms with Crippen LogP contribution in [-0.2, 0) is 9.59 Å². The number of piperazine rings is 1. The monoisotopic (exact) mass is 241 g/mol. The highest BCUT2D eigenvalue weighted by atomic mass is 16.2. The van der Waals surface area contributed by atoms with Crippen molar-refractivity contribution in [3.63, 3.8) is 0 Å². The van der Waals surface area contributed by atoms with Gasteiger partial charge in [-0.15, -0.1) is 0 Å². The predicted octanol–water partition coefficient (Wildman–Crippen LogP) is 0.0984. The van der Waals surface area contributed by atoms with E-state index >= 15 is 0 Å². The molecule has 1 saturated heterocycles. The van der Waals surface area contributed by atoms with E-state index in [0.29, 0.717) is 26.1 Å². The molecule has 1 heterocycles. The van der Waals surface area contributed by atoms with E-state index in [-0.39, 0.29) is 17.7 Å². The minimum Gasteiger partial charge on any atom is -0.352 e. The van der Waals surface area contributed by atoms with Gasteiger partial charge < -0.3 is 16.0 Å². The van der Waals surface area contributed by atoms with Gasteiger partial charge in [0.25, 0.3) is 0 Å². The first kappa shape index (κ1) is 14.0. The van der Waals surface area contributed by atoms with Crippen LogP contribution in [0.2, 0.25) is 0 Å². The van der Waals surface area contributed by atoms with Crippen molar-refractivity contribution in [1.29, 1.82) is 0 Å². The lowest BCUT2D eigenvalue weighted by Gasteiger charge is -2.41. The van der Waals surface area contributed by atoms with Gasteiger partial charge in [-0.3, -0.25) is 9.59 Å². The molecule has 0 aromatic rings. The molecular weight excluding hydrogens is 218 g/mol. The van der Waals surface area contributed by atoms with E-state index in [1.165, 1.54) is 0 Å². The summed E-state index contributed by atoms with van der Waals surface area (Å²) in [5.74, 6) is 0.156. The quantitative estimate of drug-likeness (QED) is 0.733. The van der Waals surface area contributed by atoms with Gasteiger partial charge in [0.2, 0.25) is 11.8 Å². The van der Waals surface area contributed by atoms with Gasteiger partial charge in [0, 0.05) is 19.5 Å². The molecule has 0 aromatic carbocycles. The van der Waals surface area contributed by atoms with Gasteiger partial charge in [0.1, 0.15) is 5.54 Å². The summed E-state index contributed by atoms with van der Waals surface area (Å²) < 4.78 is 0. The maximum atomic E-state index is 12.2. The SMILES string of the molecule is CCC(CN)CC(=O)N1CCNC(=O)C1(C)C. The van der Waals surface area contributed by atoms with Gasteiger partial charge in [0.15, 0.2) is 0 Å². The second kappa shape index (κ2) is 5.49. The van der Waals surface area contributed by atoms with Crippen LogP contribution in [-0.4, -0.2) is 41.9 Å². The van der Waals surface area contributed by atoms with Gasteiger partial charge in [-0.05, 0) is 26.3 Å². The molecule has 5 heteroatoms. The van der Waals surface area contributed by atoms with Crippen LogP contribution < -0.4 is 11.1 Å². The largest absolute Gasteiger partial charge is 0.352 e. The van der Waals surface area contributed by atoms with Gasteiger partial charge >= 0.3 is 0 Å². The Balaban J connectivity index is 2.70. The third-order valence-corrected chi connectivity index (χ3v) is 3.53. The maximum Gasteiger partial charge on any atom is 0.245 e. The Labute approximate surface area is 103 Å². The summed E-state index contributed by atoms with van der Waals surface area (Å²) in [5, 5.41) is 2.78. The summed E-state index contributed by atoms with van der Waals surface area (Å²) in [6.07, 6.45) is 1.33. The van der Waals surface area contributed by atoms with E-state index in [2.05, 4.69) is 5.32 Å². The summed E-state index contributed by atoms with van der Waals surface area (Å²) in [5.41, 5.74) is 4.86.